The van der Waals surface area contributed by atoms with Gasteiger partial charge in [0.1, 0.15) is 6.04 Å². The van der Waals surface area contributed by atoms with E-state index in [4.69, 9.17) is 34.8 Å². The predicted octanol–water partition coefficient (Wildman–Crippen LogP) is 5.84. The zero-order chi connectivity index (χ0) is 27.8. The van der Waals surface area contributed by atoms with E-state index < -0.39 is 16.1 Å². The molecular weight excluding hydrogens is 557 g/mol. The smallest absolute Gasteiger partial charge is 0.242 e. The van der Waals surface area contributed by atoms with Crippen LogP contribution in [0.3, 0.4) is 0 Å². The average molecular weight is 591 g/mol. The summed E-state index contributed by atoms with van der Waals surface area (Å²) in [6.07, 6.45) is 3.18. The summed E-state index contributed by atoms with van der Waals surface area (Å²) in [6.45, 7) is 6.22. The second-order valence-corrected chi connectivity index (χ2v) is 12.0. The minimum Gasteiger partial charge on any atom is -0.354 e. The summed E-state index contributed by atoms with van der Waals surface area (Å²) in [7, 11) is -3.62. The number of amides is 2. The lowest BCUT2D eigenvalue weighted by Gasteiger charge is -2.30. The number of nitrogens with one attached hydrogen (secondary N) is 1. The fourth-order valence-electron chi connectivity index (χ4n) is 3.80. The molecule has 2 rings (SSSR count). The Morgan fingerprint density at radius 1 is 1.03 bits per heavy atom. The van der Waals surface area contributed by atoms with Crippen LogP contribution in [0.25, 0.3) is 0 Å². The van der Waals surface area contributed by atoms with E-state index in [1.54, 1.807) is 50.2 Å². The first-order valence-corrected chi connectivity index (χ1v) is 15.1. The molecule has 0 radical (unpaired) electrons. The van der Waals surface area contributed by atoms with Crippen molar-refractivity contribution in [2.75, 3.05) is 23.7 Å². The number of unbranched alkanes of at least 4 members (excludes halogenated alkanes) is 1. The van der Waals surface area contributed by atoms with E-state index >= 15 is 0 Å². The van der Waals surface area contributed by atoms with Gasteiger partial charge in [0.15, 0.2) is 0 Å². The number of sulfonamides is 1. The molecule has 0 aliphatic heterocycles. The molecule has 2 aromatic carbocycles. The van der Waals surface area contributed by atoms with Gasteiger partial charge in [0, 0.05) is 31.1 Å². The Hall–Kier alpha value is -2.00. The highest BCUT2D eigenvalue weighted by molar-refractivity contribution is 7.92. The molecule has 2 aromatic rings. The van der Waals surface area contributed by atoms with E-state index in [-0.39, 0.29) is 37.7 Å². The van der Waals surface area contributed by atoms with Crippen molar-refractivity contribution in [3.8, 4) is 0 Å². The fourth-order valence-corrected chi connectivity index (χ4v) is 5.31. The topological polar surface area (TPSA) is 86.8 Å². The van der Waals surface area contributed by atoms with Crippen molar-refractivity contribution >= 4 is 62.3 Å². The third-order valence-corrected chi connectivity index (χ3v) is 8.32. The predicted molar refractivity (Wildman–Crippen MR) is 152 cm³/mol. The number of hydrogen-bond donors (Lipinski definition) is 1. The molecule has 11 heteroatoms. The minimum absolute atomic E-state index is 0.0412. The van der Waals surface area contributed by atoms with Crippen LogP contribution in [0.2, 0.25) is 15.1 Å². The number of anilines is 1. The number of hydrogen-bond acceptors (Lipinski definition) is 4. The molecule has 0 heterocycles. The van der Waals surface area contributed by atoms with Crippen molar-refractivity contribution in [1.29, 1.82) is 0 Å². The molecule has 0 bridgehead atoms. The van der Waals surface area contributed by atoms with E-state index in [0.717, 1.165) is 24.7 Å². The highest BCUT2D eigenvalue weighted by Crippen LogP contribution is 2.29. The molecule has 2 amide bonds. The van der Waals surface area contributed by atoms with Crippen LogP contribution >= 0.6 is 34.8 Å². The molecule has 0 spiro atoms. The summed E-state index contributed by atoms with van der Waals surface area (Å²) in [5.74, 6) is -0.533. The maximum atomic E-state index is 13.4. The molecule has 0 aliphatic carbocycles. The Morgan fingerprint density at radius 2 is 1.73 bits per heavy atom. The first kappa shape index (κ1) is 31.2. The van der Waals surface area contributed by atoms with Gasteiger partial charge in [0.2, 0.25) is 21.8 Å². The SMILES string of the molecule is CCCCNC(=O)C(C)N(Cc1ccc(Cl)c(Cl)c1)C(=O)CCCN(c1cccc(Cl)c1C)S(C)(=O)=O. The van der Waals surface area contributed by atoms with E-state index in [1.165, 1.54) is 9.21 Å². The van der Waals surface area contributed by atoms with Gasteiger partial charge in [-0.2, -0.15) is 0 Å². The second kappa shape index (κ2) is 14.2. The van der Waals surface area contributed by atoms with Crippen molar-refractivity contribution < 1.29 is 18.0 Å². The Bertz CT molecular complexity index is 1210. The maximum absolute atomic E-state index is 13.4. The Balaban J connectivity index is 2.21. The van der Waals surface area contributed by atoms with E-state index in [0.29, 0.717) is 32.9 Å². The molecule has 0 saturated carbocycles. The molecule has 7 nitrogen and oxygen atoms in total. The molecule has 0 aromatic heterocycles. The van der Waals surface area contributed by atoms with Gasteiger partial charge in [-0.15, -0.1) is 0 Å². The number of carbonyl (C=O) groups excluding carboxylic acids is 2. The summed E-state index contributed by atoms with van der Waals surface area (Å²) in [6, 6.07) is 9.39. The molecule has 1 N–H and O–H groups in total. The maximum Gasteiger partial charge on any atom is 0.242 e. The second-order valence-electron chi connectivity index (χ2n) is 8.91. The Kier molecular flexibility index (Phi) is 12.0. The summed E-state index contributed by atoms with van der Waals surface area (Å²) < 4.78 is 26.3. The number of benzene rings is 2. The molecule has 37 heavy (non-hydrogen) atoms. The third kappa shape index (κ3) is 9.06. The van der Waals surface area contributed by atoms with Crippen LogP contribution in [0.5, 0.6) is 0 Å². The summed E-state index contributed by atoms with van der Waals surface area (Å²) >= 11 is 18.4. The zero-order valence-electron chi connectivity index (χ0n) is 21.6. The van der Waals surface area contributed by atoms with Gasteiger partial charge in [0.25, 0.3) is 0 Å². The van der Waals surface area contributed by atoms with Crippen molar-refractivity contribution in [2.24, 2.45) is 0 Å². The van der Waals surface area contributed by atoms with Crippen molar-refractivity contribution in [2.45, 2.75) is 59.0 Å². The van der Waals surface area contributed by atoms with Crippen LogP contribution in [0.1, 0.15) is 50.7 Å². The van der Waals surface area contributed by atoms with Gasteiger partial charge < -0.3 is 10.2 Å². The van der Waals surface area contributed by atoms with Gasteiger partial charge in [-0.3, -0.25) is 13.9 Å². The molecular formula is C26H34Cl3N3O4S. The van der Waals surface area contributed by atoms with Crippen LogP contribution in [-0.2, 0) is 26.2 Å². The molecule has 0 saturated heterocycles. The average Bonchev–Trinajstić information content (AvgIpc) is 2.83. The van der Waals surface area contributed by atoms with Gasteiger partial charge in [-0.25, -0.2) is 8.42 Å². The molecule has 1 atom stereocenters. The first-order valence-electron chi connectivity index (χ1n) is 12.1. The highest BCUT2D eigenvalue weighted by Gasteiger charge is 2.27. The number of carbonyl (C=O) groups is 2. The molecule has 204 valence electrons. The normalized spacial score (nSPS) is 12.2. The molecule has 0 fully saturated rings. The Labute approximate surface area is 235 Å². The zero-order valence-corrected chi connectivity index (χ0v) is 24.6. The summed E-state index contributed by atoms with van der Waals surface area (Å²) in [5.41, 5.74) is 1.83. The summed E-state index contributed by atoms with van der Waals surface area (Å²) in [5, 5.41) is 4.08. The van der Waals surface area contributed by atoms with Crippen molar-refractivity contribution in [3.05, 3.63) is 62.6 Å². The lowest BCUT2D eigenvalue weighted by Crippen LogP contribution is -2.48. The monoisotopic (exact) mass is 589 g/mol. The fraction of sp³-hybridized carbons (Fsp3) is 0.462. The number of nitrogens with zero attached hydrogens (tertiary/aromatic N) is 2. The lowest BCUT2D eigenvalue weighted by molar-refractivity contribution is -0.140. The van der Waals surface area contributed by atoms with Crippen LogP contribution in [0.4, 0.5) is 5.69 Å². The minimum atomic E-state index is -3.62. The van der Waals surface area contributed by atoms with Gasteiger partial charge >= 0.3 is 0 Å². The largest absolute Gasteiger partial charge is 0.354 e. The van der Waals surface area contributed by atoms with Crippen LogP contribution in [-0.4, -0.2) is 50.5 Å². The van der Waals surface area contributed by atoms with Crippen LogP contribution < -0.4 is 9.62 Å². The van der Waals surface area contributed by atoms with Crippen LogP contribution in [0.15, 0.2) is 36.4 Å². The lowest BCUT2D eigenvalue weighted by atomic mass is 10.1. The molecule has 1 unspecified atom stereocenters. The number of rotatable bonds is 13. The number of halogens is 3. The van der Waals surface area contributed by atoms with E-state index in [9.17, 15) is 18.0 Å². The third-order valence-electron chi connectivity index (χ3n) is 5.99. The van der Waals surface area contributed by atoms with E-state index in [2.05, 4.69) is 5.32 Å². The Morgan fingerprint density at radius 3 is 2.35 bits per heavy atom. The first-order chi connectivity index (χ1) is 17.4. The summed E-state index contributed by atoms with van der Waals surface area (Å²) in [4.78, 5) is 27.6. The van der Waals surface area contributed by atoms with Gasteiger partial charge in [-0.05, 0) is 62.1 Å². The van der Waals surface area contributed by atoms with Crippen molar-refractivity contribution in [1.82, 2.24) is 10.2 Å². The highest BCUT2D eigenvalue weighted by atomic mass is 35.5. The van der Waals surface area contributed by atoms with Gasteiger partial charge in [0.05, 0.1) is 22.0 Å². The molecule has 0 aliphatic rings. The van der Waals surface area contributed by atoms with Gasteiger partial charge in [-0.1, -0.05) is 60.3 Å². The van der Waals surface area contributed by atoms with E-state index in [1.807, 2.05) is 6.92 Å². The van der Waals surface area contributed by atoms with Crippen molar-refractivity contribution in [3.63, 3.8) is 0 Å². The van der Waals surface area contributed by atoms with Crippen LogP contribution in [0, 0.1) is 6.92 Å². The standard InChI is InChI=1S/C26H34Cl3N3O4S/c1-5-6-14-30-26(34)19(3)31(17-20-12-13-22(28)23(29)16-20)25(33)11-8-15-32(37(4,35)36)24-10-7-9-21(27)18(24)2/h7,9-10,12-13,16,19H,5-6,8,11,14-15,17H2,1-4H3,(H,30,34). The quantitative estimate of drug-likeness (QED) is 0.297.